The Morgan fingerprint density at radius 3 is 2.29 bits per heavy atom. The Labute approximate surface area is 204 Å². The summed E-state index contributed by atoms with van der Waals surface area (Å²) in [6, 6.07) is 16.2. The van der Waals surface area contributed by atoms with E-state index in [1.165, 1.54) is 4.90 Å². The van der Waals surface area contributed by atoms with Crippen LogP contribution < -0.4 is 5.32 Å². The number of likely N-dealkylation sites (tertiary alicyclic amines) is 1. The number of carboxylic acids is 1. The molecule has 2 aromatic rings. The third-order valence-corrected chi connectivity index (χ3v) is 6.91. The molecule has 1 atom stereocenters. The summed E-state index contributed by atoms with van der Waals surface area (Å²) in [4.78, 5) is 38.0. The molecule has 1 aliphatic carbocycles. The van der Waals surface area contributed by atoms with E-state index in [1.807, 2.05) is 38.1 Å². The van der Waals surface area contributed by atoms with Gasteiger partial charge in [-0.2, -0.15) is 0 Å². The van der Waals surface area contributed by atoms with Crippen molar-refractivity contribution < 1.29 is 29.3 Å². The number of piperidine rings is 1. The number of carbonyl (C=O) groups excluding carboxylic acids is 2. The van der Waals surface area contributed by atoms with Gasteiger partial charge in [-0.05, 0) is 40.5 Å². The Morgan fingerprint density at radius 2 is 1.69 bits per heavy atom. The minimum atomic E-state index is -1.91. The maximum Gasteiger partial charge on any atom is 0.407 e. The summed E-state index contributed by atoms with van der Waals surface area (Å²) < 4.78 is 5.57. The summed E-state index contributed by atoms with van der Waals surface area (Å²) in [5, 5.41) is 22.3. The summed E-state index contributed by atoms with van der Waals surface area (Å²) >= 11 is 0. The van der Waals surface area contributed by atoms with E-state index in [9.17, 15) is 24.6 Å². The number of β-amino-alcohol motifs (C(OH)–C–C–N with tert-alkyl or cyclic N) is 1. The maximum absolute atomic E-state index is 12.8. The van der Waals surface area contributed by atoms with Crippen molar-refractivity contribution in [3.63, 3.8) is 0 Å². The van der Waals surface area contributed by atoms with E-state index in [0.717, 1.165) is 22.3 Å². The first kappa shape index (κ1) is 24.7. The zero-order valence-electron chi connectivity index (χ0n) is 20.1. The van der Waals surface area contributed by atoms with Crippen molar-refractivity contribution in [2.24, 2.45) is 5.41 Å². The van der Waals surface area contributed by atoms with Gasteiger partial charge in [0.1, 0.15) is 6.61 Å². The van der Waals surface area contributed by atoms with Crippen LogP contribution >= 0.6 is 0 Å². The third kappa shape index (κ3) is 5.32. The molecule has 35 heavy (non-hydrogen) atoms. The SMILES string of the molecule is CC(C)(CNC(=O)OCC1c2ccccc2-c2ccccc21)CC(=O)N1CCCC(O)(C(=O)O)C1. The average molecular weight is 481 g/mol. The number of nitrogens with one attached hydrogen (secondary N) is 1. The summed E-state index contributed by atoms with van der Waals surface area (Å²) in [5.41, 5.74) is 2.10. The van der Waals surface area contributed by atoms with Crippen LogP contribution in [0.3, 0.4) is 0 Å². The number of hydrogen-bond donors (Lipinski definition) is 3. The second-order valence-electron chi connectivity index (χ2n) is 10.3. The Morgan fingerprint density at radius 1 is 1.09 bits per heavy atom. The highest BCUT2D eigenvalue weighted by Crippen LogP contribution is 2.44. The van der Waals surface area contributed by atoms with Gasteiger partial charge in [0.05, 0.1) is 6.54 Å². The number of aliphatic carboxylic acids is 1. The van der Waals surface area contributed by atoms with E-state index in [4.69, 9.17) is 4.74 Å². The van der Waals surface area contributed by atoms with Crippen LogP contribution in [-0.4, -0.2) is 64.9 Å². The van der Waals surface area contributed by atoms with E-state index in [0.29, 0.717) is 13.0 Å². The van der Waals surface area contributed by atoms with Crippen molar-refractivity contribution in [1.82, 2.24) is 10.2 Å². The summed E-state index contributed by atoms with van der Waals surface area (Å²) in [7, 11) is 0. The van der Waals surface area contributed by atoms with Gasteiger partial charge in [-0.25, -0.2) is 9.59 Å². The number of amides is 2. The Hall–Kier alpha value is -3.39. The molecule has 0 radical (unpaired) electrons. The van der Waals surface area contributed by atoms with E-state index in [1.54, 1.807) is 0 Å². The first-order valence-corrected chi connectivity index (χ1v) is 11.9. The van der Waals surface area contributed by atoms with Crippen LogP contribution in [0.4, 0.5) is 4.79 Å². The van der Waals surface area contributed by atoms with E-state index >= 15 is 0 Å². The molecule has 2 aromatic carbocycles. The minimum Gasteiger partial charge on any atom is -0.479 e. The van der Waals surface area contributed by atoms with Crippen LogP contribution in [0, 0.1) is 5.41 Å². The number of carbonyl (C=O) groups is 3. The fourth-order valence-electron chi connectivity index (χ4n) is 4.97. The number of alkyl carbamates (subject to hydrolysis) is 1. The lowest BCUT2D eigenvalue weighted by atomic mass is 9.87. The summed E-state index contributed by atoms with van der Waals surface area (Å²) in [5.74, 6) is -1.59. The van der Waals surface area contributed by atoms with Gasteiger partial charge >= 0.3 is 12.1 Å². The van der Waals surface area contributed by atoms with Crippen molar-refractivity contribution in [3.05, 3.63) is 59.7 Å². The number of hydrogen-bond acceptors (Lipinski definition) is 5. The molecule has 8 nitrogen and oxygen atoms in total. The van der Waals surface area contributed by atoms with Crippen molar-refractivity contribution >= 4 is 18.0 Å². The Bertz CT molecular complexity index is 1080. The fraction of sp³-hybridized carbons (Fsp3) is 0.444. The van der Waals surface area contributed by atoms with Gasteiger partial charge < -0.3 is 25.2 Å². The molecule has 2 amide bonds. The van der Waals surface area contributed by atoms with Crippen molar-refractivity contribution in [3.8, 4) is 11.1 Å². The van der Waals surface area contributed by atoms with Crippen LogP contribution in [0.5, 0.6) is 0 Å². The molecule has 8 heteroatoms. The van der Waals surface area contributed by atoms with Crippen LogP contribution in [0.25, 0.3) is 11.1 Å². The monoisotopic (exact) mass is 480 g/mol. The molecule has 1 saturated heterocycles. The highest BCUT2D eigenvalue weighted by Gasteiger charge is 2.42. The van der Waals surface area contributed by atoms with Crippen molar-refractivity contribution in [2.45, 2.75) is 44.6 Å². The fourth-order valence-corrected chi connectivity index (χ4v) is 4.97. The van der Waals surface area contributed by atoms with Crippen molar-refractivity contribution in [1.29, 1.82) is 0 Å². The Kier molecular flexibility index (Phi) is 6.85. The van der Waals surface area contributed by atoms with Crippen LogP contribution in [0.1, 0.15) is 50.2 Å². The molecule has 4 rings (SSSR count). The second kappa shape index (κ2) is 9.70. The minimum absolute atomic E-state index is 0.0326. The summed E-state index contributed by atoms with van der Waals surface area (Å²) in [6.07, 6.45) is 0.101. The molecule has 0 saturated carbocycles. The van der Waals surface area contributed by atoms with Gasteiger partial charge in [-0.3, -0.25) is 4.79 Å². The van der Waals surface area contributed by atoms with Crippen LogP contribution in [0.15, 0.2) is 48.5 Å². The lowest BCUT2D eigenvalue weighted by molar-refractivity contribution is -0.166. The van der Waals surface area contributed by atoms with E-state index in [2.05, 4.69) is 29.6 Å². The lowest BCUT2D eigenvalue weighted by Gasteiger charge is -2.37. The van der Waals surface area contributed by atoms with Gasteiger partial charge in [0.2, 0.25) is 5.91 Å². The van der Waals surface area contributed by atoms with Crippen LogP contribution in [0.2, 0.25) is 0 Å². The molecule has 1 aliphatic heterocycles. The highest BCUT2D eigenvalue weighted by molar-refractivity contribution is 5.82. The highest BCUT2D eigenvalue weighted by atomic mass is 16.5. The normalized spacial score (nSPS) is 19.6. The van der Waals surface area contributed by atoms with E-state index < -0.39 is 23.1 Å². The van der Waals surface area contributed by atoms with Gasteiger partial charge in [0, 0.05) is 25.4 Å². The van der Waals surface area contributed by atoms with E-state index in [-0.39, 0.29) is 44.4 Å². The zero-order valence-corrected chi connectivity index (χ0v) is 20.1. The molecule has 1 heterocycles. The predicted molar refractivity (Wildman–Crippen MR) is 130 cm³/mol. The molecule has 1 fully saturated rings. The topological polar surface area (TPSA) is 116 Å². The third-order valence-electron chi connectivity index (χ3n) is 6.91. The molecular formula is C27H32N2O6. The maximum atomic E-state index is 12.8. The molecule has 186 valence electrons. The van der Waals surface area contributed by atoms with Gasteiger partial charge in [-0.15, -0.1) is 0 Å². The second-order valence-corrected chi connectivity index (χ2v) is 10.3. The lowest BCUT2D eigenvalue weighted by Crippen LogP contribution is -2.55. The number of ether oxygens (including phenoxy) is 1. The summed E-state index contributed by atoms with van der Waals surface area (Å²) in [6.45, 7) is 4.30. The molecule has 2 aliphatic rings. The first-order chi connectivity index (χ1) is 16.6. The smallest absolute Gasteiger partial charge is 0.407 e. The zero-order chi connectivity index (χ0) is 25.2. The quantitative estimate of drug-likeness (QED) is 0.560. The molecule has 1 unspecified atom stereocenters. The largest absolute Gasteiger partial charge is 0.479 e. The number of carboxylic acid groups (broad SMARTS) is 1. The molecule has 3 N–H and O–H groups in total. The van der Waals surface area contributed by atoms with Crippen LogP contribution in [-0.2, 0) is 14.3 Å². The Balaban J connectivity index is 1.29. The van der Waals surface area contributed by atoms with Crippen molar-refractivity contribution in [2.75, 3.05) is 26.2 Å². The molecule has 0 bridgehead atoms. The average Bonchev–Trinajstić information content (AvgIpc) is 3.15. The first-order valence-electron chi connectivity index (χ1n) is 11.9. The number of aliphatic hydroxyl groups is 1. The van der Waals surface area contributed by atoms with Gasteiger partial charge in [0.25, 0.3) is 0 Å². The molecule has 0 aromatic heterocycles. The number of benzene rings is 2. The standard InChI is InChI=1S/C27H32N2O6/c1-26(2,14-23(30)29-13-7-12-27(34,17-29)24(31)32)16-28-25(33)35-15-22-20-10-5-3-8-18(20)19-9-4-6-11-21(19)22/h3-6,8-11,22,34H,7,12-17H2,1-2H3,(H,28,33)(H,31,32). The predicted octanol–water partition coefficient (Wildman–Crippen LogP) is 3.38. The molecular weight excluding hydrogens is 448 g/mol. The van der Waals surface area contributed by atoms with Gasteiger partial charge in [-0.1, -0.05) is 62.4 Å². The number of nitrogens with zero attached hydrogens (tertiary/aromatic N) is 1. The number of rotatable bonds is 7. The van der Waals surface area contributed by atoms with Gasteiger partial charge in [0.15, 0.2) is 5.60 Å². The molecule has 0 spiro atoms. The number of fused-ring (bicyclic) bond motifs is 3.